The van der Waals surface area contributed by atoms with E-state index >= 15 is 0 Å². The summed E-state index contributed by atoms with van der Waals surface area (Å²) in [6, 6.07) is 0. The fourth-order valence-electron chi connectivity index (χ4n) is 2.24. The van der Waals surface area contributed by atoms with Gasteiger partial charge < -0.3 is 10.2 Å². The quantitative estimate of drug-likeness (QED) is 0.707. The van der Waals surface area contributed by atoms with Crippen LogP contribution in [0, 0.1) is 5.92 Å². The number of amides is 1. The van der Waals surface area contributed by atoms with E-state index in [9.17, 15) is 13.6 Å². The standard InChI is InChI=1S/C10H16F2N2O/c11-10(12)3-5-14(7-10)9(15)8-2-1-4-13-6-8/h8,13H,1-7H2. The molecule has 0 aromatic carbocycles. The first-order valence-electron chi connectivity index (χ1n) is 5.46. The number of carbonyl (C=O) groups excluding carboxylic acids is 1. The number of hydrogen-bond acceptors (Lipinski definition) is 2. The molecule has 2 rings (SSSR count). The molecule has 1 N–H and O–H groups in total. The molecule has 2 aliphatic heterocycles. The highest BCUT2D eigenvalue weighted by molar-refractivity contribution is 5.79. The number of nitrogens with one attached hydrogen (secondary N) is 1. The number of likely N-dealkylation sites (tertiary alicyclic amines) is 1. The third kappa shape index (κ3) is 2.45. The molecule has 5 heteroatoms. The van der Waals surface area contributed by atoms with Gasteiger partial charge in [-0.05, 0) is 19.4 Å². The van der Waals surface area contributed by atoms with Crippen molar-refractivity contribution in [2.45, 2.75) is 25.2 Å². The first-order chi connectivity index (χ1) is 7.08. The molecule has 1 amide bonds. The van der Waals surface area contributed by atoms with Crippen LogP contribution in [0.4, 0.5) is 8.78 Å². The van der Waals surface area contributed by atoms with E-state index in [4.69, 9.17) is 0 Å². The molecule has 2 aliphatic rings. The van der Waals surface area contributed by atoms with Gasteiger partial charge in [0.25, 0.3) is 5.92 Å². The third-order valence-electron chi connectivity index (χ3n) is 3.13. The molecule has 15 heavy (non-hydrogen) atoms. The molecule has 2 saturated heterocycles. The maximum absolute atomic E-state index is 12.9. The summed E-state index contributed by atoms with van der Waals surface area (Å²) < 4.78 is 25.8. The number of piperidine rings is 1. The highest BCUT2D eigenvalue weighted by atomic mass is 19.3. The number of hydrogen-bond donors (Lipinski definition) is 1. The van der Waals surface area contributed by atoms with Crippen LogP contribution >= 0.6 is 0 Å². The molecule has 2 heterocycles. The zero-order valence-corrected chi connectivity index (χ0v) is 8.64. The van der Waals surface area contributed by atoms with E-state index in [-0.39, 0.29) is 31.3 Å². The molecule has 2 fully saturated rings. The molecule has 0 bridgehead atoms. The molecule has 0 spiro atoms. The molecule has 0 aliphatic carbocycles. The van der Waals surface area contributed by atoms with Gasteiger partial charge in [0.05, 0.1) is 12.5 Å². The number of alkyl halides is 2. The predicted octanol–water partition coefficient (Wildman–Crippen LogP) is 0.854. The van der Waals surface area contributed by atoms with E-state index in [0.29, 0.717) is 6.54 Å². The van der Waals surface area contributed by atoms with Crippen molar-refractivity contribution in [1.29, 1.82) is 0 Å². The Kier molecular flexibility index (Phi) is 2.91. The van der Waals surface area contributed by atoms with Crippen LogP contribution in [0.2, 0.25) is 0 Å². The fourth-order valence-corrected chi connectivity index (χ4v) is 2.24. The molecule has 86 valence electrons. The van der Waals surface area contributed by atoms with E-state index in [1.807, 2.05) is 0 Å². The summed E-state index contributed by atoms with van der Waals surface area (Å²) in [7, 11) is 0. The third-order valence-corrected chi connectivity index (χ3v) is 3.13. The maximum atomic E-state index is 12.9. The minimum Gasteiger partial charge on any atom is -0.336 e. The van der Waals surface area contributed by atoms with Crippen molar-refractivity contribution in [2.24, 2.45) is 5.92 Å². The largest absolute Gasteiger partial charge is 0.336 e. The number of rotatable bonds is 1. The summed E-state index contributed by atoms with van der Waals surface area (Å²) >= 11 is 0. The Morgan fingerprint density at radius 2 is 2.27 bits per heavy atom. The van der Waals surface area contributed by atoms with Crippen LogP contribution < -0.4 is 5.32 Å². The average molecular weight is 218 g/mol. The van der Waals surface area contributed by atoms with E-state index < -0.39 is 5.92 Å². The smallest absolute Gasteiger partial charge is 0.267 e. The normalized spacial score (nSPS) is 30.5. The first kappa shape index (κ1) is 10.8. The van der Waals surface area contributed by atoms with Gasteiger partial charge in [0.2, 0.25) is 5.91 Å². The molecule has 1 atom stereocenters. The topological polar surface area (TPSA) is 32.3 Å². The molecule has 0 radical (unpaired) electrons. The number of carbonyl (C=O) groups is 1. The van der Waals surface area contributed by atoms with Crippen LogP contribution in [-0.2, 0) is 4.79 Å². The first-order valence-corrected chi connectivity index (χ1v) is 5.46. The molecule has 1 unspecified atom stereocenters. The summed E-state index contributed by atoms with van der Waals surface area (Å²) in [6.45, 7) is 1.39. The molecule has 0 aromatic rings. The predicted molar refractivity (Wildman–Crippen MR) is 51.7 cm³/mol. The van der Waals surface area contributed by atoms with E-state index in [0.717, 1.165) is 19.4 Å². The molecular formula is C10H16F2N2O. The fraction of sp³-hybridized carbons (Fsp3) is 0.900. The Morgan fingerprint density at radius 3 is 2.80 bits per heavy atom. The monoisotopic (exact) mass is 218 g/mol. The van der Waals surface area contributed by atoms with Crippen molar-refractivity contribution >= 4 is 5.91 Å². The van der Waals surface area contributed by atoms with Crippen LogP contribution in [0.1, 0.15) is 19.3 Å². The zero-order chi connectivity index (χ0) is 10.9. The van der Waals surface area contributed by atoms with E-state index in [1.54, 1.807) is 0 Å². The average Bonchev–Trinajstić information content (AvgIpc) is 2.59. The van der Waals surface area contributed by atoms with Crippen molar-refractivity contribution in [3.8, 4) is 0 Å². The van der Waals surface area contributed by atoms with Gasteiger partial charge in [0.1, 0.15) is 0 Å². The zero-order valence-electron chi connectivity index (χ0n) is 8.64. The Morgan fingerprint density at radius 1 is 1.47 bits per heavy atom. The molecule has 3 nitrogen and oxygen atoms in total. The maximum Gasteiger partial charge on any atom is 0.267 e. The Balaban J connectivity index is 1.90. The van der Waals surface area contributed by atoms with Crippen LogP contribution in [0.15, 0.2) is 0 Å². The van der Waals surface area contributed by atoms with Crippen LogP contribution in [-0.4, -0.2) is 42.9 Å². The van der Waals surface area contributed by atoms with E-state index in [1.165, 1.54) is 4.90 Å². The second-order valence-electron chi connectivity index (χ2n) is 4.41. The van der Waals surface area contributed by atoms with Crippen LogP contribution in [0.3, 0.4) is 0 Å². The lowest BCUT2D eigenvalue weighted by Gasteiger charge is -2.26. The van der Waals surface area contributed by atoms with Crippen molar-refractivity contribution in [1.82, 2.24) is 10.2 Å². The molecule has 0 saturated carbocycles. The van der Waals surface area contributed by atoms with Gasteiger partial charge in [-0.2, -0.15) is 0 Å². The minimum atomic E-state index is -2.67. The van der Waals surface area contributed by atoms with Gasteiger partial charge in [-0.3, -0.25) is 4.79 Å². The lowest BCUT2D eigenvalue weighted by Crippen LogP contribution is -2.42. The Hall–Kier alpha value is -0.710. The highest BCUT2D eigenvalue weighted by Crippen LogP contribution is 2.28. The summed E-state index contributed by atoms with van der Waals surface area (Å²) in [6.07, 6.45) is 1.60. The lowest BCUT2D eigenvalue weighted by molar-refractivity contribution is -0.136. The van der Waals surface area contributed by atoms with Gasteiger partial charge in [-0.15, -0.1) is 0 Å². The van der Waals surface area contributed by atoms with Crippen molar-refractivity contribution in [3.63, 3.8) is 0 Å². The molecule has 0 aromatic heterocycles. The SMILES string of the molecule is O=C(C1CCCNC1)N1CCC(F)(F)C1. The van der Waals surface area contributed by atoms with Gasteiger partial charge in [-0.1, -0.05) is 0 Å². The summed E-state index contributed by atoms with van der Waals surface area (Å²) in [5.74, 6) is -2.86. The van der Waals surface area contributed by atoms with Crippen LogP contribution in [0.5, 0.6) is 0 Å². The molecular weight excluding hydrogens is 202 g/mol. The van der Waals surface area contributed by atoms with Crippen molar-refractivity contribution < 1.29 is 13.6 Å². The van der Waals surface area contributed by atoms with Gasteiger partial charge in [0.15, 0.2) is 0 Å². The second kappa shape index (κ2) is 4.04. The lowest BCUT2D eigenvalue weighted by atomic mass is 9.98. The van der Waals surface area contributed by atoms with Crippen LogP contribution in [0.25, 0.3) is 0 Å². The summed E-state index contributed by atoms with van der Waals surface area (Å²) in [5.41, 5.74) is 0. The van der Waals surface area contributed by atoms with Gasteiger partial charge in [-0.25, -0.2) is 8.78 Å². The Labute approximate surface area is 87.8 Å². The highest BCUT2D eigenvalue weighted by Gasteiger charge is 2.41. The minimum absolute atomic E-state index is 0.0901. The van der Waals surface area contributed by atoms with Crippen molar-refractivity contribution in [3.05, 3.63) is 0 Å². The number of halogens is 2. The van der Waals surface area contributed by atoms with Crippen molar-refractivity contribution in [2.75, 3.05) is 26.2 Å². The van der Waals surface area contributed by atoms with E-state index in [2.05, 4.69) is 5.32 Å². The summed E-state index contributed by atoms with van der Waals surface area (Å²) in [4.78, 5) is 13.2. The number of nitrogens with zero attached hydrogens (tertiary/aromatic N) is 1. The van der Waals surface area contributed by atoms with Gasteiger partial charge in [0, 0.05) is 19.5 Å². The Bertz CT molecular complexity index is 252. The summed E-state index contributed by atoms with van der Waals surface area (Å²) in [5, 5.41) is 3.12. The second-order valence-corrected chi connectivity index (χ2v) is 4.41. The van der Waals surface area contributed by atoms with Gasteiger partial charge >= 0.3 is 0 Å².